The van der Waals surface area contributed by atoms with E-state index in [1.54, 1.807) is 18.4 Å². The Balaban J connectivity index is 1.54. The highest BCUT2D eigenvalue weighted by Gasteiger charge is 2.26. The van der Waals surface area contributed by atoms with Crippen LogP contribution in [0.15, 0.2) is 63.8 Å². The second-order valence-corrected chi connectivity index (χ2v) is 6.75. The molecule has 0 atom stereocenters. The van der Waals surface area contributed by atoms with E-state index in [1.165, 1.54) is 5.56 Å². The van der Waals surface area contributed by atoms with Gasteiger partial charge in [0.05, 0.1) is 11.8 Å². The molecule has 3 aromatic rings. The van der Waals surface area contributed by atoms with Crippen LogP contribution in [0.25, 0.3) is 6.08 Å². The SMILES string of the molecule is Cc1[nH]c(C=C2C(=O)NN=C2c2ccco2)c(C)c1CCNc1ccccc1. The third-order valence-electron chi connectivity index (χ3n) is 4.92. The third kappa shape index (κ3) is 3.49. The molecular weight excluding hydrogens is 352 g/mol. The van der Waals surface area contributed by atoms with Crippen molar-refractivity contribution in [2.75, 3.05) is 11.9 Å². The predicted octanol–water partition coefficient (Wildman–Crippen LogP) is 3.80. The van der Waals surface area contributed by atoms with Gasteiger partial charge in [0.25, 0.3) is 5.91 Å². The van der Waals surface area contributed by atoms with E-state index in [2.05, 4.69) is 46.8 Å². The number of hydrazone groups is 1. The van der Waals surface area contributed by atoms with Crippen LogP contribution in [-0.4, -0.2) is 23.1 Å². The number of carbonyl (C=O) groups excluding carboxylic acids is 1. The molecule has 3 heterocycles. The molecule has 1 aliphatic rings. The van der Waals surface area contributed by atoms with Gasteiger partial charge in [-0.15, -0.1) is 0 Å². The lowest BCUT2D eigenvalue weighted by atomic mass is 10.0. The van der Waals surface area contributed by atoms with E-state index in [9.17, 15) is 4.79 Å². The average Bonchev–Trinajstić information content (AvgIpc) is 3.40. The maximum atomic E-state index is 12.3. The minimum absolute atomic E-state index is 0.231. The summed E-state index contributed by atoms with van der Waals surface area (Å²) in [5.41, 5.74) is 9.06. The number of nitrogens with zero attached hydrogens (tertiary/aromatic N) is 1. The summed E-state index contributed by atoms with van der Waals surface area (Å²) in [5, 5.41) is 7.55. The number of aromatic nitrogens is 1. The van der Waals surface area contributed by atoms with Gasteiger partial charge in [-0.1, -0.05) is 18.2 Å². The second-order valence-electron chi connectivity index (χ2n) is 6.75. The van der Waals surface area contributed by atoms with E-state index in [-0.39, 0.29) is 5.91 Å². The molecule has 1 aliphatic heterocycles. The largest absolute Gasteiger partial charge is 0.463 e. The van der Waals surface area contributed by atoms with E-state index >= 15 is 0 Å². The first-order chi connectivity index (χ1) is 13.6. The van der Waals surface area contributed by atoms with Crippen LogP contribution in [0.4, 0.5) is 5.69 Å². The van der Waals surface area contributed by atoms with Gasteiger partial charge in [-0.05, 0) is 61.7 Å². The van der Waals surface area contributed by atoms with Crippen LogP contribution in [0, 0.1) is 13.8 Å². The number of carbonyl (C=O) groups is 1. The first kappa shape index (κ1) is 17.9. The molecule has 6 heteroatoms. The number of aromatic amines is 1. The van der Waals surface area contributed by atoms with Crippen molar-refractivity contribution in [2.24, 2.45) is 5.10 Å². The van der Waals surface area contributed by atoms with Crippen LogP contribution in [0.3, 0.4) is 0 Å². The van der Waals surface area contributed by atoms with Crippen molar-refractivity contribution in [2.45, 2.75) is 20.3 Å². The fraction of sp³-hybridized carbons (Fsp3) is 0.182. The number of aryl methyl sites for hydroxylation is 1. The number of hydrogen-bond donors (Lipinski definition) is 3. The Hall–Kier alpha value is -3.54. The highest BCUT2D eigenvalue weighted by Crippen LogP contribution is 2.24. The minimum Gasteiger partial charge on any atom is -0.463 e. The topological polar surface area (TPSA) is 82.4 Å². The van der Waals surface area contributed by atoms with Crippen molar-refractivity contribution in [3.63, 3.8) is 0 Å². The number of nitrogens with one attached hydrogen (secondary N) is 3. The summed E-state index contributed by atoms with van der Waals surface area (Å²) < 4.78 is 5.41. The Bertz CT molecular complexity index is 1040. The molecule has 0 fully saturated rings. The van der Waals surface area contributed by atoms with Crippen molar-refractivity contribution in [3.8, 4) is 0 Å². The Kier molecular flexibility index (Phi) is 4.85. The van der Waals surface area contributed by atoms with E-state index < -0.39 is 0 Å². The molecule has 0 radical (unpaired) electrons. The van der Waals surface area contributed by atoms with Crippen LogP contribution in [0.1, 0.15) is 28.3 Å². The van der Waals surface area contributed by atoms with Crippen LogP contribution in [0.2, 0.25) is 0 Å². The highest BCUT2D eigenvalue weighted by molar-refractivity contribution is 6.32. The standard InChI is InChI=1S/C22H22N4O2/c1-14-17(10-11-23-16-7-4-3-5-8-16)15(2)24-19(14)13-18-21(25-26-22(18)27)20-9-6-12-28-20/h3-9,12-13,23-24H,10-11H2,1-2H3,(H,26,27). The monoisotopic (exact) mass is 374 g/mol. The van der Waals surface area contributed by atoms with Gasteiger partial charge in [-0.3, -0.25) is 4.79 Å². The quantitative estimate of drug-likeness (QED) is 0.574. The van der Waals surface area contributed by atoms with Crippen LogP contribution >= 0.6 is 0 Å². The number of para-hydroxylation sites is 1. The smallest absolute Gasteiger partial charge is 0.273 e. The van der Waals surface area contributed by atoms with Gasteiger partial charge in [0.2, 0.25) is 0 Å². The van der Waals surface area contributed by atoms with Gasteiger partial charge < -0.3 is 14.7 Å². The van der Waals surface area contributed by atoms with Crippen molar-refractivity contribution in [1.82, 2.24) is 10.4 Å². The van der Waals surface area contributed by atoms with Crippen LogP contribution < -0.4 is 10.7 Å². The molecule has 0 aliphatic carbocycles. The highest BCUT2D eigenvalue weighted by atomic mass is 16.3. The molecule has 0 saturated heterocycles. The van der Waals surface area contributed by atoms with Gasteiger partial charge in [-0.2, -0.15) is 5.10 Å². The van der Waals surface area contributed by atoms with E-state index in [0.717, 1.165) is 35.6 Å². The molecule has 142 valence electrons. The lowest BCUT2D eigenvalue weighted by molar-refractivity contribution is -0.116. The number of benzene rings is 1. The van der Waals surface area contributed by atoms with Crippen molar-refractivity contribution >= 4 is 23.4 Å². The molecule has 3 N–H and O–H groups in total. The van der Waals surface area contributed by atoms with E-state index in [1.807, 2.05) is 24.3 Å². The Morgan fingerprint density at radius 3 is 2.71 bits per heavy atom. The maximum Gasteiger partial charge on any atom is 0.273 e. The summed E-state index contributed by atoms with van der Waals surface area (Å²) in [6.45, 7) is 4.96. The first-order valence-corrected chi connectivity index (χ1v) is 9.24. The molecule has 2 aromatic heterocycles. The summed E-state index contributed by atoms with van der Waals surface area (Å²) in [7, 11) is 0. The van der Waals surface area contributed by atoms with E-state index in [4.69, 9.17) is 4.42 Å². The predicted molar refractivity (Wildman–Crippen MR) is 110 cm³/mol. The molecule has 0 spiro atoms. The summed E-state index contributed by atoms with van der Waals surface area (Å²) in [5.74, 6) is 0.336. The number of rotatable bonds is 6. The second kappa shape index (κ2) is 7.60. The number of hydrogen-bond acceptors (Lipinski definition) is 4. The van der Waals surface area contributed by atoms with Crippen LogP contribution in [-0.2, 0) is 11.2 Å². The zero-order valence-corrected chi connectivity index (χ0v) is 15.9. The van der Waals surface area contributed by atoms with Gasteiger partial charge in [0, 0.05) is 23.6 Å². The lowest BCUT2D eigenvalue weighted by Crippen LogP contribution is -2.13. The van der Waals surface area contributed by atoms with Gasteiger partial charge in [0.15, 0.2) is 5.76 Å². The van der Waals surface area contributed by atoms with Crippen LogP contribution in [0.5, 0.6) is 0 Å². The number of furan rings is 1. The Morgan fingerprint density at radius 1 is 1.14 bits per heavy atom. The zero-order valence-electron chi connectivity index (χ0n) is 15.9. The molecule has 1 aromatic carbocycles. The van der Waals surface area contributed by atoms with Crippen molar-refractivity contribution < 1.29 is 9.21 Å². The lowest BCUT2D eigenvalue weighted by Gasteiger charge is -2.07. The summed E-state index contributed by atoms with van der Waals surface area (Å²) in [4.78, 5) is 15.7. The van der Waals surface area contributed by atoms with Gasteiger partial charge >= 0.3 is 0 Å². The van der Waals surface area contributed by atoms with Crippen molar-refractivity contribution in [3.05, 3.63) is 82.6 Å². The normalized spacial score (nSPS) is 15.0. The minimum atomic E-state index is -0.231. The zero-order chi connectivity index (χ0) is 19.5. The number of amides is 1. The number of anilines is 1. The fourth-order valence-corrected chi connectivity index (χ4v) is 3.44. The van der Waals surface area contributed by atoms with Gasteiger partial charge in [-0.25, -0.2) is 5.43 Å². The molecule has 1 amide bonds. The van der Waals surface area contributed by atoms with E-state index in [0.29, 0.717) is 17.0 Å². The summed E-state index contributed by atoms with van der Waals surface area (Å²) in [6.07, 6.45) is 4.30. The Morgan fingerprint density at radius 2 is 1.96 bits per heavy atom. The maximum absolute atomic E-state index is 12.3. The van der Waals surface area contributed by atoms with Crippen molar-refractivity contribution in [1.29, 1.82) is 0 Å². The Labute approximate surface area is 163 Å². The summed E-state index contributed by atoms with van der Waals surface area (Å²) >= 11 is 0. The first-order valence-electron chi connectivity index (χ1n) is 9.24. The molecule has 0 bridgehead atoms. The molecular formula is C22H22N4O2. The third-order valence-corrected chi connectivity index (χ3v) is 4.92. The molecule has 0 saturated carbocycles. The molecule has 28 heavy (non-hydrogen) atoms. The summed E-state index contributed by atoms with van der Waals surface area (Å²) in [6, 6.07) is 13.7. The molecule has 0 unspecified atom stereocenters. The number of H-pyrrole nitrogens is 1. The van der Waals surface area contributed by atoms with Gasteiger partial charge in [0.1, 0.15) is 5.71 Å². The molecule has 4 rings (SSSR count). The average molecular weight is 374 g/mol. The molecule has 6 nitrogen and oxygen atoms in total. The fourth-order valence-electron chi connectivity index (χ4n) is 3.44.